The van der Waals surface area contributed by atoms with Gasteiger partial charge in [0, 0.05) is 37.9 Å². The highest BCUT2D eigenvalue weighted by Crippen LogP contribution is 2.31. The third-order valence-corrected chi connectivity index (χ3v) is 5.67. The van der Waals surface area contributed by atoms with E-state index >= 15 is 0 Å². The summed E-state index contributed by atoms with van der Waals surface area (Å²) in [6.07, 6.45) is 3.90. The Morgan fingerprint density at radius 2 is 2.11 bits per heavy atom. The van der Waals surface area contributed by atoms with Gasteiger partial charge in [0.2, 0.25) is 5.91 Å². The molecule has 5 nitrogen and oxygen atoms in total. The molecule has 0 saturated carbocycles. The summed E-state index contributed by atoms with van der Waals surface area (Å²) in [5.41, 5.74) is 3.23. The molecule has 3 heterocycles. The highest BCUT2D eigenvalue weighted by atomic mass is 35.5. The van der Waals surface area contributed by atoms with Gasteiger partial charge in [-0.25, -0.2) is 0 Å². The molecule has 1 amide bonds. The number of thiophene rings is 1. The molecule has 1 aliphatic heterocycles. The van der Waals surface area contributed by atoms with Crippen LogP contribution in [0.15, 0.2) is 59.6 Å². The van der Waals surface area contributed by atoms with Crippen LogP contribution in [0, 0.1) is 5.92 Å². The van der Waals surface area contributed by atoms with Gasteiger partial charge in [0.05, 0.1) is 18.7 Å². The van der Waals surface area contributed by atoms with Crippen LogP contribution in [0.1, 0.15) is 17.0 Å². The van der Waals surface area contributed by atoms with Crippen LogP contribution in [-0.2, 0) is 18.4 Å². The van der Waals surface area contributed by atoms with Crippen LogP contribution in [0.2, 0.25) is 0 Å². The first-order valence-corrected chi connectivity index (χ1v) is 9.73. The molecule has 0 radical (unpaired) electrons. The number of halogens is 1. The second-order valence-corrected chi connectivity index (χ2v) is 7.49. The Labute approximate surface area is 169 Å². The number of nitrogens with one attached hydrogen (secondary N) is 1. The molecule has 0 aliphatic carbocycles. The van der Waals surface area contributed by atoms with Crippen LogP contribution in [0.25, 0.3) is 0 Å². The van der Waals surface area contributed by atoms with Gasteiger partial charge < -0.3 is 10.2 Å². The molecule has 1 aliphatic rings. The van der Waals surface area contributed by atoms with Crippen molar-refractivity contribution in [3.8, 4) is 0 Å². The number of anilines is 1. The SMILES string of the molecule is Cl.Cn1cc([C@H]2CNC[C@@H]2C(=O)N(Cc2ccsc2)c2ccccc2)cn1. The minimum atomic E-state index is -0.0851. The third-order valence-electron chi connectivity index (χ3n) is 4.94. The predicted octanol–water partition coefficient (Wildman–Crippen LogP) is 3.44. The van der Waals surface area contributed by atoms with E-state index in [2.05, 4.69) is 27.2 Å². The molecule has 1 fully saturated rings. The van der Waals surface area contributed by atoms with Crippen molar-refractivity contribution in [1.29, 1.82) is 0 Å². The molecule has 2 atom stereocenters. The van der Waals surface area contributed by atoms with Crippen LogP contribution in [-0.4, -0.2) is 28.8 Å². The van der Waals surface area contributed by atoms with Crippen LogP contribution in [0.3, 0.4) is 0 Å². The zero-order chi connectivity index (χ0) is 17.9. The number of nitrogens with zero attached hydrogens (tertiary/aromatic N) is 3. The van der Waals surface area contributed by atoms with Gasteiger partial charge in [-0.3, -0.25) is 9.48 Å². The molecule has 4 rings (SSSR count). The van der Waals surface area contributed by atoms with E-state index in [1.54, 1.807) is 16.0 Å². The Hall–Kier alpha value is -2.15. The molecule has 2 aromatic heterocycles. The maximum atomic E-state index is 13.5. The molecule has 1 saturated heterocycles. The van der Waals surface area contributed by atoms with Crippen LogP contribution in [0.5, 0.6) is 0 Å². The summed E-state index contributed by atoms with van der Waals surface area (Å²) < 4.78 is 1.80. The Balaban J connectivity index is 0.00000210. The smallest absolute Gasteiger partial charge is 0.232 e. The number of benzene rings is 1. The van der Waals surface area contributed by atoms with Gasteiger partial charge in [0.1, 0.15) is 0 Å². The molecule has 0 bridgehead atoms. The van der Waals surface area contributed by atoms with E-state index in [0.29, 0.717) is 13.1 Å². The third kappa shape index (κ3) is 4.24. The summed E-state index contributed by atoms with van der Waals surface area (Å²) in [6.45, 7) is 2.11. The first kappa shape index (κ1) is 19.6. The van der Waals surface area contributed by atoms with Crippen molar-refractivity contribution in [2.45, 2.75) is 12.5 Å². The van der Waals surface area contributed by atoms with Gasteiger partial charge in [-0.15, -0.1) is 12.4 Å². The lowest BCUT2D eigenvalue weighted by molar-refractivity contribution is -0.122. The number of amides is 1. The molecular weight excluding hydrogens is 380 g/mol. The monoisotopic (exact) mass is 402 g/mol. The van der Waals surface area contributed by atoms with Crippen LogP contribution in [0.4, 0.5) is 5.69 Å². The minimum Gasteiger partial charge on any atom is -0.315 e. The second-order valence-electron chi connectivity index (χ2n) is 6.71. The Bertz CT molecular complexity index is 865. The molecular formula is C20H23ClN4OS. The Morgan fingerprint density at radius 1 is 1.30 bits per heavy atom. The van der Waals surface area contributed by atoms with Crippen molar-refractivity contribution in [2.75, 3.05) is 18.0 Å². The lowest BCUT2D eigenvalue weighted by Gasteiger charge is -2.27. The summed E-state index contributed by atoms with van der Waals surface area (Å²) in [4.78, 5) is 15.4. The number of carbonyl (C=O) groups excluding carboxylic acids is 1. The topological polar surface area (TPSA) is 50.2 Å². The van der Waals surface area contributed by atoms with E-state index < -0.39 is 0 Å². The largest absolute Gasteiger partial charge is 0.315 e. The van der Waals surface area contributed by atoms with Crippen molar-refractivity contribution >= 4 is 35.3 Å². The maximum absolute atomic E-state index is 13.5. The number of hydrogen-bond donors (Lipinski definition) is 1. The first-order valence-electron chi connectivity index (χ1n) is 8.79. The quantitative estimate of drug-likeness (QED) is 0.711. The number of hydrogen-bond acceptors (Lipinski definition) is 4. The lowest BCUT2D eigenvalue weighted by Crippen LogP contribution is -2.38. The number of rotatable bonds is 5. The van der Waals surface area contributed by atoms with Crippen molar-refractivity contribution in [3.05, 3.63) is 70.7 Å². The fraction of sp³-hybridized carbons (Fsp3) is 0.300. The van der Waals surface area contributed by atoms with E-state index in [0.717, 1.165) is 23.4 Å². The fourth-order valence-corrected chi connectivity index (χ4v) is 4.25. The first-order chi connectivity index (χ1) is 12.7. The summed E-state index contributed by atoms with van der Waals surface area (Å²) in [6, 6.07) is 12.0. The fourth-order valence-electron chi connectivity index (χ4n) is 3.59. The number of aromatic nitrogens is 2. The normalized spacial score (nSPS) is 18.9. The van der Waals surface area contributed by atoms with Gasteiger partial charge in [0.15, 0.2) is 0 Å². The minimum absolute atomic E-state index is 0. The summed E-state index contributed by atoms with van der Waals surface area (Å²) in [5, 5.41) is 11.8. The Morgan fingerprint density at radius 3 is 2.78 bits per heavy atom. The van der Waals surface area contributed by atoms with Gasteiger partial charge in [-0.1, -0.05) is 18.2 Å². The molecule has 3 aromatic rings. The number of carbonyl (C=O) groups is 1. The van der Waals surface area contributed by atoms with E-state index in [1.165, 1.54) is 0 Å². The zero-order valence-electron chi connectivity index (χ0n) is 15.1. The van der Waals surface area contributed by atoms with E-state index in [1.807, 2.05) is 54.7 Å². The van der Waals surface area contributed by atoms with Crippen LogP contribution < -0.4 is 10.2 Å². The van der Waals surface area contributed by atoms with Crippen LogP contribution >= 0.6 is 23.7 Å². The predicted molar refractivity (Wildman–Crippen MR) is 112 cm³/mol. The van der Waals surface area contributed by atoms with Crippen molar-refractivity contribution < 1.29 is 4.79 Å². The second kappa shape index (κ2) is 8.69. The van der Waals surface area contributed by atoms with E-state index in [4.69, 9.17) is 0 Å². The molecule has 7 heteroatoms. The molecule has 27 heavy (non-hydrogen) atoms. The van der Waals surface area contributed by atoms with Crippen molar-refractivity contribution in [1.82, 2.24) is 15.1 Å². The number of aryl methyl sites for hydroxylation is 1. The van der Waals surface area contributed by atoms with E-state index in [-0.39, 0.29) is 30.2 Å². The van der Waals surface area contributed by atoms with Crippen molar-refractivity contribution in [2.24, 2.45) is 13.0 Å². The van der Waals surface area contributed by atoms with Gasteiger partial charge in [0.25, 0.3) is 0 Å². The molecule has 0 unspecified atom stereocenters. The molecule has 1 N–H and O–H groups in total. The molecule has 142 valence electrons. The van der Waals surface area contributed by atoms with Gasteiger partial charge >= 0.3 is 0 Å². The maximum Gasteiger partial charge on any atom is 0.232 e. The van der Waals surface area contributed by atoms with Gasteiger partial charge in [-0.2, -0.15) is 16.4 Å². The average Bonchev–Trinajstić information content (AvgIpc) is 3.41. The van der Waals surface area contributed by atoms with Crippen molar-refractivity contribution in [3.63, 3.8) is 0 Å². The van der Waals surface area contributed by atoms with E-state index in [9.17, 15) is 4.79 Å². The standard InChI is InChI=1S/C20H22N4OS.ClH/c1-23-13-16(9-22-23)18-10-21-11-19(18)20(25)24(12-15-7-8-26-14-15)17-5-3-2-4-6-17;/h2-9,13-14,18-19,21H,10-12H2,1H3;1H/t18-,19+;/m1./s1. The zero-order valence-corrected chi connectivity index (χ0v) is 16.7. The Kier molecular flexibility index (Phi) is 6.31. The summed E-state index contributed by atoms with van der Waals surface area (Å²) in [5.74, 6) is 0.240. The summed E-state index contributed by atoms with van der Waals surface area (Å²) >= 11 is 1.66. The highest BCUT2D eigenvalue weighted by Gasteiger charge is 2.37. The lowest BCUT2D eigenvalue weighted by atomic mass is 9.89. The highest BCUT2D eigenvalue weighted by molar-refractivity contribution is 7.07. The molecule has 1 aromatic carbocycles. The number of para-hydroxylation sites is 1. The molecule has 0 spiro atoms. The van der Waals surface area contributed by atoms with Gasteiger partial charge in [-0.05, 0) is 40.1 Å². The average molecular weight is 403 g/mol. The summed E-state index contributed by atoms with van der Waals surface area (Å²) in [7, 11) is 1.91.